The summed E-state index contributed by atoms with van der Waals surface area (Å²) in [7, 11) is 0. The Morgan fingerprint density at radius 1 is 1.41 bits per heavy atom. The highest BCUT2D eigenvalue weighted by Crippen LogP contribution is 2.26. The molecule has 1 N–H and O–H groups in total. The van der Waals surface area contributed by atoms with Gasteiger partial charge in [-0.25, -0.2) is 0 Å². The number of nitrogens with one attached hydrogen (secondary N) is 1. The number of benzene rings is 1. The summed E-state index contributed by atoms with van der Waals surface area (Å²) in [5.41, 5.74) is 1.21. The van der Waals surface area contributed by atoms with Crippen molar-refractivity contribution in [3.05, 3.63) is 47.5 Å². The monoisotopic (exact) mass is 251 g/mol. The van der Waals surface area contributed by atoms with Crippen LogP contribution in [0.15, 0.2) is 36.9 Å². The lowest BCUT2D eigenvalue weighted by Gasteiger charge is -2.19. The van der Waals surface area contributed by atoms with Gasteiger partial charge in [-0.2, -0.15) is 0 Å². The van der Waals surface area contributed by atoms with E-state index in [0.29, 0.717) is 6.04 Å². The van der Waals surface area contributed by atoms with E-state index in [1.807, 2.05) is 18.2 Å². The van der Waals surface area contributed by atoms with E-state index < -0.39 is 0 Å². The largest absolute Gasteiger partial charge is 0.310 e. The second-order valence-corrected chi connectivity index (χ2v) is 4.66. The van der Waals surface area contributed by atoms with Gasteiger partial charge in [0, 0.05) is 11.1 Å². The topological polar surface area (TPSA) is 12.0 Å². The predicted molar refractivity (Wildman–Crippen MR) is 76.5 cm³/mol. The zero-order chi connectivity index (χ0) is 12.5. The summed E-state index contributed by atoms with van der Waals surface area (Å²) in [5.74, 6) is 0. The molecule has 0 spiro atoms. The van der Waals surface area contributed by atoms with Crippen molar-refractivity contribution < 1.29 is 0 Å². The van der Waals surface area contributed by atoms with Gasteiger partial charge in [-0.1, -0.05) is 42.8 Å². The third-order valence-corrected chi connectivity index (χ3v) is 3.17. The second kappa shape index (κ2) is 8.32. The van der Waals surface area contributed by atoms with E-state index in [0.717, 1.165) is 37.3 Å². The summed E-state index contributed by atoms with van der Waals surface area (Å²) in [5, 5.41) is 4.43. The van der Waals surface area contributed by atoms with Gasteiger partial charge in [0.25, 0.3) is 0 Å². The first-order chi connectivity index (χ1) is 8.29. The predicted octanol–water partition coefficient (Wildman–Crippen LogP) is 4.74. The van der Waals surface area contributed by atoms with Gasteiger partial charge >= 0.3 is 0 Å². The number of hydrogen-bond acceptors (Lipinski definition) is 1. The summed E-state index contributed by atoms with van der Waals surface area (Å²) in [6.45, 7) is 6.98. The second-order valence-electron chi connectivity index (χ2n) is 4.25. The van der Waals surface area contributed by atoms with Crippen LogP contribution in [-0.2, 0) is 0 Å². The summed E-state index contributed by atoms with van der Waals surface area (Å²) in [6, 6.07) is 8.47. The summed E-state index contributed by atoms with van der Waals surface area (Å²) in [6.07, 6.45) is 6.44. The number of halogens is 1. The van der Waals surface area contributed by atoms with Crippen molar-refractivity contribution >= 4 is 11.6 Å². The van der Waals surface area contributed by atoms with Gasteiger partial charge in [-0.05, 0) is 43.9 Å². The molecule has 0 aliphatic rings. The molecule has 1 nitrogen and oxygen atoms in total. The van der Waals surface area contributed by atoms with Crippen molar-refractivity contribution in [2.45, 2.75) is 38.6 Å². The van der Waals surface area contributed by atoms with Crippen LogP contribution in [0.2, 0.25) is 5.02 Å². The fourth-order valence-corrected chi connectivity index (χ4v) is 2.18. The molecule has 1 aromatic rings. The number of rotatable bonds is 8. The standard InChI is InChI=1S/C15H22ClN/c1-3-5-6-11-15(17-12-4-2)13-9-7-8-10-14(13)16/h3,7-10,15,17H,1,4-6,11-12H2,2H3. The summed E-state index contributed by atoms with van der Waals surface area (Å²) >= 11 is 6.25. The molecule has 0 saturated carbocycles. The molecule has 2 heteroatoms. The summed E-state index contributed by atoms with van der Waals surface area (Å²) < 4.78 is 0. The Morgan fingerprint density at radius 2 is 2.18 bits per heavy atom. The molecular formula is C15H22ClN. The Hall–Kier alpha value is -0.790. The molecule has 0 saturated heterocycles. The minimum Gasteiger partial charge on any atom is -0.310 e. The lowest BCUT2D eigenvalue weighted by atomic mass is 10.0. The smallest absolute Gasteiger partial charge is 0.0453 e. The normalized spacial score (nSPS) is 12.4. The molecule has 1 atom stereocenters. The Balaban J connectivity index is 2.67. The molecule has 0 heterocycles. The van der Waals surface area contributed by atoms with Gasteiger partial charge in [-0.15, -0.1) is 6.58 Å². The number of unbranched alkanes of at least 4 members (excludes halogenated alkanes) is 1. The molecule has 1 unspecified atom stereocenters. The molecule has 0 radical (unpaired) electrons. The lowest BCUT2D eigenvalue weighted by Crippen LogP contribution is -2.22. The molecule has 17 heavy (non-hydrogen) atoms. The van der Waals surface area contributed by atoms with E-state index in [2.05, 4.69) is 31.0 Å². The first-order valence-corrected chi connectivity index (χ1v) is 6.76. The van der Waals surface area contributed by atoms with Crippen LogP contribution in [0.4, 0.5) is 0 Å². The van der Waals surface area contributed by atoms with E-state index in [1.165, 1.54) is 5.56 Å². The molecule has 0 aliphatic heterocycles. The van der Waals surface area contributed by atoms with E-state index in [-0.39, 0.29) is 0 Å². The van der Waals surface area contributed by atoms with Crippen LogP contribution in [0.1, 0.15) is 44.2 Å². The van der Waals surface area contributed by atoms with Crippen LogP contribution >= 0.6 is 11.6 Å². The Bertz CT molecular complexity index is 335. The van der Waals surface area contributed by atoms with Gasteiger partial charge in [0.1, 0.15) is 0 Å². The van der Waals surface area contributed by atoms with Crippen LogP contribution in [0.3, 0.4) is 0 Å². The molecule has 1 aromatic carbocycles. The van der Waals surface area contributed by atoms with E-state index >= 15 is 0 Å². The first-order valence-electron chi connectivity index (χ1n) is 6.38. The highest BCUT2D eigenvalue weighted by Gasteiger charge is 2.12. The van der Waals surface area contributed by atoms with Crippen molar-refractivity contribution in [3.8, 4) is 0 Å². The van der Waals surface area contributed by atoms with E-state index in [9.17, 15) is 0 Å². The Kier molecular flexibility index (Phi) is 6.99. The SMILES string of the molecule is C=CCCCC(NCCC)c1ccccc1Cl. The van der Waals surface area contributed by atoms with Gasteiger partial charge in [0.05, 0.1) is 0 Å². The van der Waals surface area contributed by atoms with Crippen LogP contribution < -0.4 is 5.32 Å². The minimum atomic E-state index is 0.364. The molecule has 0 fully saturated rings. The third-order valence-electron chi connectivity index (χ3n) is 2.82. The third kappa shape index (κ3) is 4.93. The van der Waals surface area contributed by atoms with Crippen LogP contribution in [0.25, 0.3) is 0 Å². The minimum absolute atomic E-state index is 0.364. The highest BCUT2D eigenvalue weighted by molar-refractivity contribution is 6.31. The average Bonchev–Trinajstić information content (AvgIpc) is 2.35. The van der Waals surface area contributed by atoms with Gasteiger partial charge in [-0.3, -0.25) is 0 Å². The Labute approximate surface area is 110 Å². The lowest BCUT2D eigenvalue weighted by molar-refractivity contribution is 0.486. The fraction of sp³-hybridized carbons (Fsp3) is 0.467. The first kappa shape index (κ1) is 14.3. The van der Waals surface area contributed by atoms with Crippen molar-refractivity contribution in [3.63, 3.8) is 0 Å². The molecule has 0 aliphatic carbocycles. The van der Waals surface area contributed by atoms with Crippen LogP contribution in [0, 0.1) is 0 Å². The molecule has 0 aromatic heterocycles. The van der Waals surface area contributed by atoms with E-state index in [1.54, 1.807) is 0 Å². The van der Waals surface area contributed by atoms with Crippen molar-refractivity contribution in [2.75, 3.05) is 6.54 Å². The van der Waals surface area contributed by atoms with Crippen molar-refractivity contribution in [2.24, 2.45) is 0 Å². The van der Waals surface area contributed by atoms with E-state index in [4.69, 9.17) is 11.6 Å². The molecule has 0 bridgehead atoms. The van der Waals surface area contributed by atoms with Crippen LogP contribution in [-0.4, -0.2) is 6.54 Å². The highest BCUT2D eigenvalue weighted by atomic mass is 35.5. The van der Waals surface area contributed by atoms with Gasteiger partial charge in [0.15, 0.2) is 0 Å². The zero-order valence-corrected chi connectivity index (χ0v) is 11.3. The molecular weight excluding hydrogens is 230 g/mol. The number of hydrogen-bond donors (Lipinski definition) is 1. The zero-order valence-electron chi connectivity index (χ0n) is 10.6. The maximum absolute atomic E-state index is 6.25. The Morgan fingerprint density at radius 3 is 2.82 bits per heavy atom. The average molecular weight is 252 g/mol. The van der Waals surface area contributed by atoms with Crippen molar-refractivity contribution in [1.82, 2.24) is 5.32 Å². The molecule has 1 rings (SSSR count). The van der Waals surface area contributed by atoms with Crippen molar-refractivity contribution in [1.29, 1.82) is 0 Å². The quantitative estimate of drug-likeness (QED) is 0.520. The van der Waals surface area contributed by atoms with Gasteiger partial charge in [0.2, 0.25) is 0 Å². The number of allylic oxidation sites excluding steroid dienone is 1. The summed E-state index contributed by atoms with van der Waals surface area (Å²) in [4.78, 5) is 0. The molecule has 0 amide bonds. The maximum Gasteiger partial charge on any atom is 0.0453 e. The molecule has 94 valence electrons. The fourth-order valence-electron chi connectivity index (χ4n) is 1.91. The van der Waals surface area contributed by atoms with Gasteiger partial charge < -0.3 is 5.32 Å². The maximum atomic E-state index is 6.25. The van der Waals surface area contributed by atoms with Crippen LogP contribution in [0.5, 0.6) is 0 Å².